The van der Waals surface area contributed by atoms with Crippen LogP contribution in [0.4, 0.5) is 23.2 Å². The summed E-state index contributed by atoms with van der Waals surface area (Å²) in [5.41, 5.74) is -0.268. The molecule has 9 nitrogen and oxygen atoms in total. The molecule has 1 saturated heterocycles. The number of nitriles is 1. The molecule has 2 aromatic heterocycles. The number of fused-ring (bicyclic) bond motifs is 1. The molecule has 36 heavy (non-hydrogen) atoms. The van der Waals surface area contributed by atoms with Gasteiger partial charge in [0.1, 0.15) is 23.1 Å². The van der Waals surface area contributed by atoms with Crippen molar-refractivity contribution in [2.24, 2.45) is 0 Å². The van der Waals surface area contributed by atoms with Crippen molar-refractivity contribution in [2.45, 2.75) is 51.2 Å². The molecule has 5 rings (SSSR count). The fraction of sp³-hybridized carbons (Fsp3) is 0.435. The highest BCUT2D eigenvalue weighted by Crippen LogP contribution is 2.33. The molecule has 0 amide bonds. The molecule has 0 spiro atoms. The van der Waals surface area contributed by atoms with Gasteiger partial charge in [-0.25, -0.2) is 9.07 Å². The molecule has 0 aliphatic carbocycles. The first kappa shape index (κ1) is 23.9. The van der Waals surface area contributed by atoms with Crippen LogP contribution in [0.1, 0.15) is 53.6 Å². The van der Waals surface area contributed by atoms with E-state index >= 15 is 0 Å². The summed E-state index contributed by atoms with van der Waals surface area (Å²) in [6, 6.07) is 4.52. The van der Waals surface area contributed by atoms with Crippen LogP contribution in [0.5, 0.6) is 0 Å². The van der Waals surface area contributed by atoms with E-state index in [4.69, 9.17) is 4.74 Å². The Kier molecular flexibility index (Phi) is 6.21. The summed E-state index contributed by atoms with van der Waals surface area (Å²) in [6.07, 6.45) is -0.949. The highest BCUT2D eigenvalue weighted by atomic mass is 19.4. The maximum absolute atomic E-state index is 13.5. The summed E-state index contributed by atoms with van der Waals surface area (Å²) in [5.74, 6) is -0.971. The standard InChI is InChI=1S/C23H21F4N7O2/c24-15-5-4-14(17(9-15)23(25,26)27)12-33-19-6-7-32(13-18(19)30-31-33)20-11-29-34(22(35)16(20)10-28)21-3-1-2-8-36-21/h4-5,9,11,21H,1-3,6-8,12-13H2. The number of ether oxygens (including phenoxy) is 1. The van der Waals surface area contributed by atoms with Gasteiger partial charge in [0.15, 0.2) is 6.23 Å². The number of benzene rings is 1. The SMILES string of the molecule is N#Cc1c(N2CCc3c(nnn3Cc3ccc(F)cc3C(F)(F)F)C2)cnn(C2CCCCO2)c1=O. The Bertz CT molecular complexity index is 1390. The molecule has 0 saturated carbocycles. The van der Waals surface area contributed by atoms with Crippen molar-refractivity contribution >= 4 is 5.69 Å². The number of hydrogen-bond donors (Lipinski definition) is 0. The van der Waals surface area contributed by atoms with E-state index in [1.54, 1.807) is 4.90 Å². The number of aromatic nitrogens is 5. The van der Waals surface area contributed by atoms with Gasteiger partial charge in [0.2, 0.25) is 0 Å². The van der Waals surface area contributed by atoms with Crippen LogP contribution in [-0.4, -0.2) is 37.9 Å². The van der Waals surface area contributed by atoms with Crippen LogP contribution in [0.3, 0.4) is 0 Å². The number of rotatable bonds is 4. The van der Waals surface area contributed by atoms with Crippen LogP contribution >= 0.6 is 0 Å². The number of nitrogens with zero attached hydrogens (tertiary/aromatic N) is 7. The van der Waals surface area contributed by atoms with E-state index in [2.05, 4.69) is 15.4 Å². The lowest BCUT2D eigenvalue weighted by Gasteiger charge is -2.29. The molecule has 0 bridgehead atoms. The number of halogens is 4. The quantitative estimate of drug-likeness (QED) is 0.504. The molecular formula is C23H21F4N7O2. The van der Waals surface area contributed by atoms with Crippen molar-refractivity contribution in [1.29, 1.82) is 5.26 Å². The summed E-state index contributed by atoms with van der Waals surface area (Å²) in [5, 5.41) is 22.1. The molecule has 13 heteroatoms. The first-order chi connectivity index (χ1) is 17.3. The van der Waals surface area contributed by atoms with Crippen molar-refractivity contribution in [3.8, 4) is 6.07 Å². The maximum Gasteiger partial charge on any atom is 0.416 e. The van der Waals surface area contributed by atoms with Gasteiger partial charge in [-0.15, -0.1) is 5.10 Å². The number of alkyl halides is 3. The van der Waals surface area contributed by atoms with Gasteiger partial charge in [-0.05, 0) is 37.0 Å². The molecule has 3 aromatic rings. The minimum absolute atomic E-state index is 0.0591. The lowest BCUT2D eigenvalue weighted by atomic mass is 10.1. The highest BCUT2D eigenvalue weighted by Gasteiger charge is 2.34. The van der Waals surface area contributed by atoms with Gasteiger partial charge in [0.05, 0.1) is 36.2 Å². The molecular weight excluding hydrogens is 482 g/mol. The third-order valence-corrected chi connectivity index (χ3v) is 6.44. The van der Waals surface area contributed by atoms with Crippen molar-refractivity contribution in [3.05, 3.63) is 68.6 Å². The normalized spacial score (nSPS) is 18.1. The smallest absolute Gasteiger partial charge is 0.363 e. The Labute approximate surface area is 202 Å². The van der Waals surface area contributed by atoms with Crippen molar-refractivity contribution in [2.75, 3.05) is 18.1 Å². The zero-order valence-corrected chi connectivity index (χ0v) is 19.0. The Hall–Kier alpha value is -3.79. The molecule has 1 fully saturated rings. The summed E-state index contributed by atoms with van der Waals surface area (Å²) in [7, 11) is 0. The Morgan fingerprint density at radius 2 is 2.08 bits per heavy atom. The maximum atomic E-state index is 13.5. The monoisotopic (exact) mass is 503 g/mol. The Morgan fingerprint density at radius 1 is 1.25 bits per heavy atom. The molecule has 0 radical (unpaired) electrons. The fourth-order valence-electron chi connectivity index (χ4n) is 4.63. The molecule has 1 unspecified atom stereocenters. The third kappa shape index (κ3) is 4.44. The van der Waals surface area contributed by atoms with Gasteiger partial charge in [-0.3, -0.25) is 4.79 Å². The first-order valence-corrected chi connectivity index (χ1v) is 11.4. The molecule has 2 aliphatic rings. The zero-order valence-electron chi connectivity index (χ0n) is 19.0. The van der Waals surface area contributed by atoms with Gasteiger partial charge in [-0.2, -0.15) is 28.2 Å². The van der Waals surface area contributed by atoms with Gasteiger partial charge >= 0.3 is 6.18 Å². The zero-order chi connectivity index (χ0) is 25.4. The highest BCUT2D eigenvalue weighted by molar-refractivity contribution is 5.57. The minimum atomic E-state index is -4.71. The lowest BCUT2D eigenvalue weighted by Crippen LogP contribution is -2.37. The predicted molar refractivity (Wildman–Crippen MR) is 117 cm³/mol. The van der Waals surface area contributed by atoms with E-state index in [1.165, 1.54) is 15.6 Å². The van der Waals surface area contributed by atoms with Gasteiger partial charge in [-0.1, -0.05) is 11.3 Å². The minimum Gasteiger partial charge on any atom is -0.363 e. The molecule has 1 aromatic carbocycles. The molecule has 0 N–H and O–H groups in total. The van der Waals surface area contributed by atoms with Crippen LogP contribution in [0, 0.1) is 17.1 Å². The fourth-order valence-corrected chi connectivity index (χ4v) is 4.63. The predicted octanol–water partition coefficient (Wildman–Crippen LogP) is 3.17. The first-order valence-electron chi connectivity index (χ1n) is 11.4. The molecule has 1 atom stereocenters. The lowest BCUT2D eigenvalue weighted by molar-refractivity contribution is -0.138. The summed E-state index contributed by atoms with van der Waals surface area (Å²) < 4.78 is 61.9. The van der Waals surface area contributed by atoms with Gasteiger partial charge < -0.3 is 9.64 Å². The van der Waals surface area contributed by atoms with Crippen LogP contribution < -0.4 is 10.5 Å². The number of anilines is 1. The van der Waals surface area contributed by atoms with E-state index in [0.29, 0.717) is 49.1 Å². The second-order valence-corrected chi connectivity index (χ2v) is 8.70. The van der Waals surface area contributed by atoms with Crippen molar-refractivity contribution in [1.82, 2.24) is 24.8 Å². The van der Waals surface area contributed by atoms with Crippen molar-refractivity contribution in [3.63, 3.8) is 0 Å². The Morgan fingerprint density at radius 3 is 2.81 bits per heavy atom. The third-order valence-electron chi connectivity index (χ3n) is 6.44. The molecule has 4 heterocycles. The summed E-state index contributed by atoms with van der Waals surface area (Å²) >= 11 is 0. The largest absolute Gasteiger partial charge is 0.416 e. The van der Waals surface area contributed by atoms with E-state index < -0.39 is 29.3 Å². The second kappa shape index (κ2) is 9.34. The van der Waals surface area contributed by atoms with E-state index in [1.807, 2.05) is 6.07 Å². The average molecular weight is 503 g/mol. The van der Waals surface area contributed by atoms with Crippen LogP contribution in [0.25, 0.3) is 0 Å². The molecule has 2 aliphatic heterocycles. The van der Waals surface area contributed by atoms with Crippen LogP contribution in [0.2, 0.25) is 0 Å². The average Bonchev–Trinajstić information content (AvgIpc) is 3.26. The van der Waals surface area contributed by atoms with Gasteiger partial charge in [0, 0.05) is 19.6 Å². The molecule has 188 valence electrons. The van der Waals surface area contributed by atoms with Crippen LogP contribution in [0.15, 0.2) is 29.2 Å². The van der Waals surface area contributed by atoms with Crippen molar-refractivity contribution < 1.29 is 22.3 Å². The van der Waals surface area contributed by atoms with Crippen LogP contribution in [-0.2, 0) is 30.4 Å². The second-order valence-electron chi connectivity index (χ2n) is 8.70. The van der Waals surface area contributed by atoms with E-state index in [-0.39, 0.29) is 24.2 Å². The topological polar surface area (TPSA) is 102 Å². The van der Waals surface area contributed by atoms with E-state index in [0.717, 1.165) is 25.0 Å². The van der Waals surface area contributed by atoms with E-state index in [9.17, 15) is 27.6 Å². The van der Waals surface area contributed by atoms with Gasteiger partial charge in [0.25, 0.3) is 5.56 Å². The summed E-state index contributed by atoms with van der Waals surface area (Å²) in [4.78, 5) is 14.8. The number of hydrogen-bond acceptors (Lipinski definition) is 7. The Balaban J connectivity index is 1.40. The summed E-state index contributed by atoms with van der Waals surface area (Å²) in [6.45, 7) is 0.871.